The van der Waals surface area contributed by atoms with E-state index in [4.69, 9.17) is 4.74 Å². The van der Waals surface area contributed by atoms with Crippen molar-refractivity contribution in [1.82, 2.24) is 4.90 Å². The number of ether oxygens (including phenoxy) is 1. The first kappa shape index (κ1) is 13.5. The summed E-state index contributed by atoms with van der Waals surface area (Å²) in [5.41, 5.74) is 0.850. The minimum absolute atomic E-state index is 0.0576. The third-order valence-corrected chi connectivity index (χ3v) is 4.85. The summed E-state index contributed by atoms with van der Waals surface area (Å²) in [5, 5.41) is 5.57. The van der Waals surface area contributed by atoms with Gasteiger partial charge in [-0.25, -0.2) is 4.79 Å². The highest BCUT2D eigenvalue weighted by Crippen LogP contribution is 2.45. The maximum atomic E-state index is 12.1. The van der Waals surface area contributed by atoms with Gasteiger partial charge in [-0.2, -0.15) is 0 Å². The first-order valence-corrected chi connectivity index (χ1v) is 7.78. The van der Waals surface area contributed by atoms with Crippen LogP contribution in [0, 0.1) is 0 Å². The molecule has 0 fully saturated rings. The van der Waals surface area contributed by atoms with Crippen LogP contribution < -0.4 is 5.32 Å². The van der Waals surface area contributed by atoms with E-state index in [0.29, 0.717) is 6.54 Å². The van der Waals surface area contributed by atoms with Crippen molar-refractivity contribution < 1.29 is 9.53 Å². The van der Waals surface area contributed by atoms with E-state index in [1.165, 1.54) is 10.6 Å². The Balaban J connectivity index is 1.75. The summed E-state index contributed by atoms with van der Waals surface area (Å²) in [6.07, 6.45) is 4.70. The fourth-order valence-electron chi connectivity index (χ4n) is 2.69. The predicted molar refractivity (Wildman–Crippen MR) is 81.2 cm³/mol. The first-order chi connectivity index (χ1) is 9.40. The van der Waals surface area contributed by atoms with Gasteiger partial charge in [-0.05, 0) is 38.6 Å². The first-order valence-electron chi connectivity index (χ1n) is 6.90. The van der Waals surface area contributed by atoms with Crippen molar-refractivity contribution in [3.8, 4) is 0 Å². The molecule has 2 aliphatic rings. The van der Waals surface area contributed by atoms with Crippen LogP contribution in [0.4, 0.5) is 10.5 Å². The lowest BCUT2D eigenvalue weighted by Gasteiger charge is -2.34. The molecule has 3 rings (SSSR count). The van der Waals surface area contributed by atoms with E-state index in [9.17, 15) is 4.79 Å². The lowest BCUT2D eigenvalue weighted by atomic mass is 9.82. The molecule has 5 heteroatoms. The molecule has 0 saturated carbocycles. The van der Waals surface area contributed by atoms with E-state index in [-0.39, 0.29) is 11.5 Å². The van der Waals surface area contributed by atoms with E-state index >= 15 is 0 Å². The Morgan fingerprint density at radius 2 is 2.30 bits per heavy atom. The molecule has 1 unspecified atom stereocenters. The summed E-state index contributed by atoms with van der Waals surface area (Å²) in [7, 11) is 0. The summed E-state index contributed by atoms with van der Waals surface area (Å²) in [4.78, 5) is 15.1. The van der Waals surface area contributed by atoms with Crippen molar-refractivity contribution in [3.63, 3.8) is 0 Å². The molecule has 1 aromatic heterocycles. The van der Waals surface area contributed by atoms with Gasteiger partial charge in [0.2, 0.25) is 0 Å². The van der Waals surface area contributed by atoms with Gasteiger partial charge in [0, 0.05) is 35.3 Å². The van der Waals surface area contributed by atoms with E-state index in [0.717, 1.165) is 13.0 Å². The summed E-state index contributed by atoms with van der Waals surface area (Å²) < 4.78 is 5.41. The summed E-state index contributed by atoms with van der Waals surface area (Å²) >= 11 is 1.79. The van der Waals surface area contributed by atoms with Crippen LogP contribution in [0.1, 0.15) is 32.1 Å². The Morgan fingerprint density at radius 1 is 1.50 bits per heavy atom. The smallest absolute Gasteiger partial charge is 0.414 e. The Labute approximate surface area is 123 Å². The minimum Gasteiger partial charge on any atom is -0.443 e. The molecule has 2 aliphatic heterocycles. The zero-order chi connectivity index (χ0) is 14.4. The predicted octanol–water partition coefficient (Wildman–Crippen LogP) is 3.57. The average molecular weight is 292 g/mol. The van der Waals surface area contributed by atoms with E-state index < -0.39 is 5.60 Å². The number of amides is 1. The van der Waals surface area contributed by atoms with Crippen LogP contribution in [0.3, 0.4) is 0 Å². The van der Waals surface area contributed by atoms with Gasteiger partial charge in [-0.15, -0.1) is 11.3 Å². The fourth-order valence-corrected chi connectivity index (χ4v) is 3.77. The van der Waals surface area contributed by atoms with Gasteiger partial charge >= 0.3 is 6.09 Å². The quantitative estimate of drug-likeness (QED) is 0.795. The molecule has 1 amide bonds. The highest BCUT2D eigenvalue weighted by molar-refractivity contribution is 7.10. The highest BCUT2D eigenvalue weighted by Gasteiger charge is 2.40. The average Bonchev–Trinajstić information content (AvgIpc) is 2.93. The molecule has 0 bridgehead atoms. The van der Waals surface area contributed by atoms with Crippen LogP contribution in [0.5, 0.6) is 0 Å². The normalized spacial score (nSPS) is 24.6. The second kappa shape index (κ2) is 4.52. The Bertz CT molecular complexity index is 558. The third kappa shape index (κ3) is 2.30. The number of anilines is 1. The van der Waals surface area contributed by atoms with Gasteiger partial charge in [0.15, 0.2) is 0 Å². The number of hydrogen-bond donors (Lipinski definition) is 1. The second-order valence-corrected chi connectivity index (χ2v) is 7.33. The lowest BCUT2D eigenvalue weighted by molar-refractivity contribution is 0.0317. The number of carbonyl (C=O) groups is 1. The number of carbonyl (C=O) groups excluding carboxylic acids is 1. The van der Waals surface area contributed by atoms with Gasteiger partial charge in [0.1, 0.15) is 5.60 Å². The molecule has 0 saturated heterocycles. The summed E-state index contributed by atoms with van der Waals surface area (Å²) in [6, 6.07) is 2.13. The molecular weight excluding hydrogens is 272 g/mol. The zero-order valence-electron chi connectivity index (χ0n) is 12.1. The second-order valence-electron chi connectivity index (χ2n) is 6.41. The van der Waals surface area contributed by atoms with Crippen molar-refractivity contribution in [3.05, 3.63) is 28.6 Å². The van der Waals surface area contributed by atoms with E-state index in [2.05, 4.69) is 22.8 Å². The van der Waals surface area contributed by atoms with Crippen molar-refractivity contribution >= 4 is 23.1 Å². The van der Waals surface area contributed by atoms with Crippen LogP contribution >= 0.6 is 11.3 Å². The monoisotopic (exact) mass is 292 g/mol. The third-order valence-electron chi connectivity index (χ3n) is 3.71. The standard InChI is InChI=1S/C15H20N2O2S/c1-14(2,3)19-13(18)17-7-5-15(6-8-17)10-16-11-4-9-20-12(11)15/h4-5,7,9,16H,6,8,10H2,1-3H3. The molecule has 1 N–H and O–H groups in total. The van der Waals surface area contributed by atoms with Gasteiger partial charge in [-0.1, -0.05) is 6.08 Å². The zero-order valence-corrected chi connectivity index (χ0v) is 12.9. The molecule has 3 heterocycles. The van der Waals surface area contributed by atoms with Gasteiger partial charge < -0.3 is 10.1 Å². The number of fused-ring (bicyclic) bond motifs is 2. The van der Waals surface area contributed by atoms with Gasteiger partial charge in [0.05, 0.1) is 0 Å². The number of thiophene rings is 1. The largest absolute Gasteiger partial charge is 0.443 e. The van der Waals surface area contributed by atoms with E-state index in [1.807, 2.05) is 27.0 Å². The van der Waals surface area contributed by atoms with Crippen LogP contribution in [-0.4, -0.2) is 29.7 Å². The molecule has 1 spiro atoms. The van der Waals surface area contributed by atoms with E-state index in [1.54, 1.807) is 16.2 Å². The van der Waals surface area contributed by atoms with Gasteiger partial charge in [-0.3, -0.25) is 4.90 Å². The number of hydrogen-bond acceptors (Lipinski definition) is 4. The fraction of sp³-hybridized carbons (Fsp3) is 0.533. The number of nitrogens with one attached hydrogen (secondary N) is 1. The Kier molecular flexibility index (Phi) is 3.05. The number of nitrogens with zero attached hydrogens (tertiary/aromatic N) is 1. The molecule has 1 aromatic rings. The van der Waals surface area contributed by atoms with Crippen molar-refractivity contribution in [2.24, 2.45) is 0 Å². The van der Waals surface area contributed by atoms with Crippen LogP contribution in [0.2, 0.25) is 0 Å². The molecule has 0 aliphatic carbocycles. The van der Waals surface area contributed by atoms with Crippen molar-refractivity contribution in [2.45, 2.75) is 38.2 Å². The van der Waals surface area contributed by atoms with Gasteiger partial charge in [0.25, 0.3) is 0 Å². The maximum Gasteiger partial charge on any atom is 0.414 e. The molecule has 0 aromatic carbocycles. The Hall–Kier alpha value is -1.49. The molecule has 0 radical (unpaired) electrons. The SMILES string of the molecule is CC(C)(C)OC(=O)N1C=CC2(CC1)CNc1ccsc12. The molecule has 20 heavy (non-hydrogen) atoms. The molecule has 4 nitrogen and oxygen atoms in total. The molecule has 1 atom stereocenters. The summed E-state index contributed by atoms with van der Waals surface area (Å²) in [6.45, 7) is 7.29. The minimum atomic E-state index is -0.449. The lowest BCUT2D eigenvalue weighted by Crippen LogP contribution is -2.41. The maximum absolute atomic E-state index is 12.1. The Morgan fingerprint density at radius 3 is 2.95 bits per heavy atom. The molecule has 108 valence electrons. The molecular formula is C15H20N2O2S. The van der Waals surface area contributed by atoms with Crippen molar-refractivity contribution in [1.29, 1.82) is 0 Å². The van der Waals surface area contributed by atoms with Crippen LogP contribution in [0.15, 0.2) is 23.7 Å². The number of rotatable bonds is 0. The van der Waals surface area contributed by atoms with Crippen LogP contribution in [-0.2, 0) is 10.2 Å². The highest BCUT2D eigenvalue weighted by atomic mass is 32.1. The van der Waals surface area contributed by atoms with Crippen molar-refractivity contribution in [2.75, 3.05) is 18.4 Å². The topological polar surface area (TPSA) is 41.6 Å². The summed E-state index contributed by atoms with van der Waals surface area (Å²) in [5.74, 6) is 0. The van der Waals surface area contributed by atoms with Crippen LogP contribution in [0.25, 0.3) is 0 Å².